The molecule has 3 aromatic rings. The predicted molar refractivity (Wildman–Crippen MR) is 194 cm³/mol. The third-order valence-electron chi connectivity index (χ3n) is 9.73. The van der Waals surface area contributed by atoms with Crippen LogP contribution in [0.4, 0.5) is 22.2 Å². The summed E-state index contributed by atoms with van der Waals surface area (Å²) in [7, 11) is -2.13. The molecule has 49 heavy (non-hydrogen) atoms. The Kier molecular flexibility index (Phi) is 10.3. The number of carbonyl (C=O) groups is 1. The molecule has 0 saturated carbocycles. The maximum absolute atomic E-state index is 13.6. The zero-order valence-corrected chi connectivity index (χ0v) is 31.8. The minimum Gasteiger partial charge on any atom is -0.443 e. The summed E-state index contributed by atoms with van der Waals surface area (Å²) < 4.78 is 20.0. The standard InChI is InChI=1S/C36H52N8O4Si/c1-25-19-30(41-44(25)14-13-42-15-17-46-18-16-42)40-32-38-12-11-29(39-32)26-20-27(22-37)31-28(21-26)36(8,24-47-49(9,10)35(5,6)7)23-43(31)33(45)48-34(2,3)4/h11-12,19-21H,13-18,23-24H2,1-10H3,(H,38,39,40,41). The fraction of sp³-hybridized carbons (Fsp3) is 0.583. The molecule has 2 aliphatic rings. The van der Waals surface area contributed by atoms with Gasteiger partial charge in [0, 0.05) is 61.7 Å². The van der Waals surface area contributed by atoms with Gasteiger partial charge in [-0.1, -0.05) is 27.7 Å². The van der Waals surface area contributed by atoms with Gasteiger partial charge in [0.2, 0.25) is 5.95 Å². The Morgan fingerprint density at radius 2 is 1.84 bits per heavy atom. The van der Waals surface area contributed by atoms with Gasteiger partial charge >= 0.3 is 6.09 Å². The highest BCUT2D eigenvalue weighted by Gasteiger charge is 2.47. The second-order valence-corrected chi connectivity index (χ2v) is 20.8. The first-order valence-electron chi connectivity index (χ1n) is 17.1. The lowest BCUT2D eigenvalue weighted by Gasteiger charge is -2.39. The lowest BCUT2D eigenvalue weighted by atomic mass is 9.83. The lowest BCUT2D eigenvalue weighted by Crippen LogP contribution is -2.46. The highest BCUT2D eigenvalue weighted by Crippen LogP contribution is 2.47. The number of aromatic nitrogens is 4. The Hall–Kier alpha value is -3.83. The number of nitrogens with one attached hydrogen (secondary N) is 1. The van der Waals surface area contributed by atoms with Crippen LogP contribution in [0.5, 0.6) is 0 Å². The lowest BCUT2D eigenvalue weighted by molar-refractivity contribution is 0.0359. The van der Waals surface area contributed by atoms with Crippen molar-refractivity contribution in [2.45, 2.75) is 91.1 Å². The number of amides is 1. The van der Waals surface area contributed by atoms with Gasteiger partial charge in [-0.25, -0.2) is 14.8 Å². The molecule has 0 bridgehead atoms. The van der Waals surface area contributed by atoms with Crippen molar-refractivity contribution in [3.8, 4) is 17.3 Å². The van der Waals surface area contributed by atoms with E-state index in [1.54, 1.807) is 17.2 Å². The van der Waals surface area contributed by atoms with Crippen molar-refractivity contribution >= 4 is 31.9 Å². The maximum Gasteiger partial charge on any atom is 0.414 e. The van der Waals surface area contributed by atoms with E-state index in [1.807, 2.05) is 50.6 Å². The topological polar surface area (TPSA) is 131 Å². The highest BCUT2D eigenvalue weighted by atomic mass is 28.4. The van der Waals surface area contributed by atoms with Gasteiger partial charge in [0.25, 0.3) is 0 Å². The van der Waals surface area contributed by atoms with Crippen molar-refractivity contribution in [3.05, 3.63) is 47.3 Å². The van der Waals surface area contributed by atoms with Gasteiger partial charge in [-0.3, -0.25) is 14.5 Å². The molecule has 1 N–H and O–H groups in total. The molecule has 0 radical (unpaired) electrons. The molecule has 264 valence electrons. The van der Waals surface area contributed by atoms with Gasteiger partial charge in [0.1, 0.15) is 11.7 Å². The van der Waals surface area contributed by atoms with Crippen molar-refractivity contribution in [2.24, 2.45) is 0 Å². The summed E-state index contributed by atoms with van der Waals surface area (Å²) >= 11 is 0. The smallest absolute Gasteiger partial charge is 0.414 e. The van der Waals surface area contributed by atoms with E-state index in [-0.39, 0.29) is 5.04 Å². The molecule has 2 aliphatic heterocycles. The number of rotatable bonds is 9. The number of anilines is 3. The molecule has 1 amide bonds. The second kappa shape index (κ2) is 13.8. The van der Waals surface area contributed by atoms with Crippen molar-refractivity contribution in [1.82, 2.24) is 24.6 Å². The summed E-state index contributed by atoms with van der Waals surface area (Å²) in [6, 6.07) is 9.98. The normalized spacial score (nSPS) is 18.7. The Morgan fingerprint density at radius 3 is 2.49 bits per heavy atom. The molecule has 0 aliphatic carbocycles. The number of hydrogen-bond donors (Lipinski definition) is 1. The van der Waals surface area contributed by atoms with E-state index in [0.717, 1.165) is 56.2 Å². The third kappa shape index (κ3) is 8.32. The van der Waals surface area contributed by atoms with Crippen LogP contribution in [-0.2, 0) is 25.9 Å². The zero-order valence-electron chi connectivity index (χ0n) is 30.8. The summed E-state index contributed by atoms with van der Waals surface area (Å²) in [6.45, 7) is 26.5. The molecular weight excluding hydrogens is 637 g/mol. The molecule has 0 spiro atoms. The van der Waals surface area contributed by atoms with Crippen molar-refractivity contribution in [2.75, 3.05) is 56.2 Å². The number of ether oxygens (including phenoxy) is 2. The van der Waals surface area contributed by atoms with Gasteiger partial charge in [-0.15, -0.1) is 0 Å². The van der Waals surface area contributed by atoms with E-state index in [9.17, 15) is 10.1 Å². The maximum atomic E-state index is 13.6. The first kappa shape index (κ1) is 36.4. The molecule has 1 fully saturated rings. The average molecular weight is 689 g/mol. The molecule has 4 heterocycles. The summed E-state index contributed by atoms with van der Waals surface area (Å²) in [5.41, 5.74) is 2.93. The second-order valence-electron chi connectivity index (χ2n) is 15.9. The van der Waals surface area contributed by atoms with Crippen LogP contribution in [0.2, 0.25) is 18.1 Å². The van der Waals surface area contributed by atoms with Gasteiger partial charge in [0.05, 0.1) is 36.7 Å². The molecule has 1 saturated heterocycles. The molecule has 5 rings (SSSR count). The number of nitrogens with zero attached hydrogens (tertiary/aromatic N) is 7. The minimum absolute atomic E-state index is 0.0107. The Labute approximate surface area is 291 Å². The Balaban J connectivity index is 1.45. The monoisotopic (exact) mass is 688 g/mol. The summed E-state index contributed by atoms with van der Waals surface area (Å²) in [6.07, 6.45) is 1.21. The van der Waals surface area contributed by atoms with Crippen LogP contribution in [-0.4, -0.2) is 90.7 Å². The summed E-state index contributed by atoms with van der Waals surface area (Å²) in [4.78, 5) is 26.9. The van der Waals surface area contributed by atoms with Gasteiger partial charge in [0.15, 0.2) is 14.1 Å². The average Bonchev–Trinajstić information content (AvgIpc) is 3.54. The van der Waals surface area contributed by atoms with E-state index in [2.05, 4.69) is 62.1 Å². The van der Waals surface area contributed by atoms with Crippen LogP contribution < -0.4 is 10.2 Å². The molecule has 12 nitrogen and oxygen atoms in total. The number of carbonyl (C=O) groups excluding carboxylic acids is 1. The number of fused-ring (bicyclic) bond motifs is 1. The van der Waals surface area contributed by atoms with Crippen LogP contribution in [0.25, 0.3) is 11.3 Å². The quantitative estimate of drug-likeness (QED) is 0.245. The molecule has 13 heteroatoms. The van der Waals surface area contributed by atoms with Crippen LogP contribution in [0.1, 0.15) is 65.3 Å². The minimum atomic E-state index is -2.13. The number of hydrogen-bond acceptors (Lipinski definition) is 10. The van der Waals surface area contributed by atoms with Crippen molar-refractivity contribution in [1.29, 1.82) is 5.26 Å². The van der Waals surface area contributed by atoms with Crippen molar-refractivity contribution < 1.29 is 18.7 Å². The molecule has 2 aromatic heterocycles. The van der Waals surface area contributed by atoms with Gasteiger partial charge in [-0.2, -0.15) is 10.4 Å². The first-order valence-corrected chi connectivity index (χ1v) is 20.0. The molecular formula is C36H52N8O4Si. The number of morpholine rings is 1. The van der Waals surface area contributed by atoms with Crippen LogP contribution in [0.15, 0.2) is 30.5 Å². The largest absolute Gasteiger partial charge is 0.443 e. The molecule has 1 unspecified atom stereocenters. The highest BCUT2D eigenvalue weighted by molar-refractivity contribution is 6.74. The first-order chi connectivity index (χ1) is 22.9. The van der Waals surface area contributed by atoms with E-state index in [4.69, 9.17) is 24.0 Å². The number of aryl methyl sites for hydroxylation is 1. The number of nitriles is 1. The van der Waals surface area contributed by atoms with Crippen LogP contribution >= 0.6 is 0 Å². The number of benzene rings is 1. The molecule has 1 aromatic carbocycles. The van der Waals surface area contributed by atoms with E-state index in [0.29, 0.717) is 41.9 Å². The van der Waals surface area contributed by atoms with Crippen LogP contribution in [0.3, 0.4) is 0 Å². The van der Waals surface area contributed by atoms with Crippen molar-refractivity contribution in [3.63, 3.8) is 0 Å². The van der Waals surface area contributed by atoms with Gasteiger partial charge < -0.3 is 19.2 Å². The molecule has 1 atom stereocenters. The van der Waals surface area contributed by atoms with E-state index >= 15 is 0 Å². The SMILES string of the molecule is Cc1cc(Nc2nccc(-c3cc(C#N)c4c(c3)C(C)(CO[Si](C)(C)C(C)(C)C)CN4C(=O)OC(C)(C)C)n2)nn1CCN1CCOCC1. The third-order valence-corrected chi connectivity index (χ3v) is 14.2. The van der Waals surface area contributed by atoms with Gasteiger partial charge in [-0.05, 0) is 69.6 Å². The zero-order chi connectivity index (χ0) is 35.8. The summed E-state index contributed by atoms with van der Waals surface area (Å²) in [5, 5.41) is 18.5. The Bertz CT molecular complexity index is 1710. The van der Waals surface area contributed by atoms with E-state index < -0.39 is 25.4 Å². The summed E-state index contributed by atoms with van der Waals surface area (Å²) in [5.74, 6) is 1.06. The van der Waals surface area contributed by atoms with Crippen LogP contribution in [0, 0.1) is 18.3 Å². The van der Waals surface area contributed by atoms with E-state index in [1.165, 1.54) is 0 Å². The Morgan fingerprint density at radius 1 is 1.12 bits per heavy atom. The predicted octanol–water partition coefficient (Wildman–Crippen LogP) is 6.63. The fourth-order valence-corrected chi connectivity index (χ4v) is 6.95. The fourth-order valence-electron chi connectivity index (χ4n) is 5.84.